The average molecular weight is 358 g/mol. The van der Waals surface area contributed by atoms with Crippen molar-refractivity contribution in [1.29, 1.82) is 0 Å². The van der Waals surface area contributed by atoms with E-state index in [1.54, 1.807) is 18.2 Å². The van der Waals surface area contributed by atoms with E-state index in [1.165, 1.54) is 0 Å². The second-order valence-electron chi connectivity index (χ2n) is 4.65. The molecule has 1 aliphatic rings. The maximum Gasteiger partial charge on any atom is 0.305 e. The molecule has 0 spiro atoms. The largest absolute Gasteiger partial charge is 0.481 e. The van der Waals surface area contributed by atoms with Crippen LogP contribution in [0.4, 0.5) is 0 Å². The van der Waals surface area contributed by atoms with Crippen LogP contribution in [-0.2, 0) is 19.1 Å². The Labute approximate surface area is 130 Å². The first kappa shape index (κ1) is 15.9. The summed E-state index contributed by atoms with van der Waals surface area (Å²) >= 11 is 3.33. The van der Waals surface area contributed by atoms with E-state index in [0.717, 1.165) is 10.0 Å². The second kappa shape index (κ2) is 7.53. The van der Waals surface area contributed by atoms with Crippen molar-refractivity contribution >= 4 is 27.8 Å². The van der Waals surface area contributed by atoms with Gasteiger partial charge in [-0.1, -0.05) is 28.1 Å². The third-order valence-electron chi connectivity index (χ3n) is 3.05. The number of hydrogen-bond acceptors (Lipinski definition) is 4. The van der Waals surface area contributed by atoms with Crippen LogP contribution in [0.3, 0.4) is 0 Å². The van der Waals surface area contributed by atoms with E-state index in [4.69, 9.17) is 14.6 Å². The molecule has 0 saturated carbocycles. The lowest BCUT2D eigenvalue weighted by Crippen LogP contribution is -2.44. The van der Waals surface area contributed by atoms with Crippen LogP contribution >= 0.6 is 15.9 Å². The van der Waals surface area contributed by atoms with E-state index in [1.807, 2.05) is 6.07 Å². The molecule has 2 atom stereocenters. The molecule has 1 fully saturated rings. The van der Waals surface area contributed by atoms with Crippen molar-refractivity contribution in [1.82, 2.24) is 5.32 Å². The van der Waals surface area contributed by atoms with Crippen LogP contribution < -0.4 is 5.32 Å². The number of amides is 1. The van der Waals surface area contributed by atoms with Gasteiger partial charge in [0, 0.05) is 4.47 Å². The Kier molecular flexibility index (Phi) is 5.72. The van der Waals surface area contributed by atoms with E-state index >= 15 is 0 Å². The summed E-state index contributed by atoms with van der Waals surface area (Å²) < 4.78 is 11.3. The minimum absolute atomic E-state index is 0.185. The Morgan fingerprint density at radius 1 is 1.43 bits per heavy atom. The van der Waals surface area contributed by atoms with E-state index in [9.17, 15) is 9.59 Å². The molecule has 2 N–H and O–H groups in total. The summed E-state index contributed by atoms with van der Waals surface area (Å²) in [5.74, 6) is -1.35. The third kappa shape index (κ3) is 4.80. The maximum atomic E-state index is 12.1. The van der Waals surface area contributed by atoms with Gasteiger partial charge in [0.2, 0.25) is 0 Å². The average Bonchev–Trinajstić information content (AvgIpc) is 2.47. The molecule has 0 aliphatic carbocycles. The number of hydrogen-bond donors (Lipinski definition) is 2. The Morgan fingerprint density at radius 2 is 2.24 bits per heavy atom. The minimum Gasteiger partial charge on any atom is -0.481 e. The normalized spacial score (nSPS) is 19.8. The van der Waals surface area contributed by atoms with Crippen LogP contribution in [0.2, 0.25) is 0 Å². The third-order valence-corrected chi connectivity index (χ3v) is 3.55. The van der Waals surface area contributed by atoms with Gasteiger partial charge in [-0.15, -0.1) is 0 Å². The van der Waals surface area contributed by atoms with Crippen molar-refractivity contribution < 1.29 is 24.2 Å². The highest BCUT2D eigenvalue weighted by atomic mass is 79.9. The molecule has 1 heterocycles. The number of halogens is 1. The molecule has 1 amide bonds. The molecule has 1 aliphatic heterocycles. The molecule has 21 heavy (non-hydrogen) atoms. The van der Waals surface area contributed by atoms with Crippen molar-refractivity contribution in [2.45, 2.75) is 18.6 Å². The van der Waals surface area contributed by atoms with Crippen molar-refractivity contribution in [2.24, 2.45) is 0 Å². The van der Waals surface area contributed by atoms with Gasteiger partial charge in [0.1, 0.15) is 0 Å². The molecule has 114 valence electrons. The lowest BCUT2D eigenvalue weighted by atomic mass is 10.0. The van der Waals surface area contributed by atoms with Gasteiger partial charge < -0.3 is 19.9 Å². The molecule has 0 aromatic heterocycles. The van der Waals surface area contributed by atoms with E-state index in [2.05, 4.69) is 21.2 Å². The zero-order valence-electron chi connectivity index (χ0n) is 11.3. The molecule has 0 radical (unpaired) electrons. The highest BCUT2D eigenvalue weighted by molar-refractivity contribution is 9.10. The number of benzene rings is 1. The fraction of sp³-hybridized carbons (Fsp3) is 0.429. The molecule has 0 bridgehead atoms. The van der Waals surface area contributed by atoms with Crippen molar-refractivity contribution in [2.75, 3.05) is 19.8 Å². The lowest BCUT2D eigenvalue weighted by molar-refractivity contribution is -0.148. The first-order valence-corrected chi connectivity index (χ1v) is 7.32. The van der Waals surface area contributed by atoms with Gasteiger partial charge in [-0.3, -0.25) is 9.59 Å². The second-order valence-corrected chi connectivity index (χ2v) is 5.56. The van der Waals surface area contributed by atoms with Crippen LogP contribution in [0, 0.1) is 0 Å². The van der Waals surface area contributed by atoms with Gasteiger partial charge in [0.25, 0.3) is 5.91 Å². The van der Waals surface area contributed by atoms with Crippen LogP contribution in [0.25, 0.3) is 0 Å². The number of carbonyl (C=O) groups is 2. The predicted octanol–water partition coefficient (Wildman–Crippen LogP) is 1.50. The topological polar surface area (TPSA) is 84.9 Å². The van der Waals surface area contributed by atoms with E-state index < -0.39 is 18.1 Å². The molecule has 1 aromatic rings. The van der Waals surface area contributed by atoms with Gasteiger partial charge in [-0.05, 0) is 17.7 Å². The Bertz CT molecular complexity index is 516. The first-order valence-electron chi connectivity index (χ1n) is 6.53. The lowest BCUT2D eigenvalue weighted by Gasteiger charge is -2.25. The fourth-order valence-electron chi connectivity index (χ4n) is 2.05. The van der Waals surface area contributed by atoms with Crippen LogP contribution in [0.5, 0.6) is 0 Å². The Hall–Kier alpha value is -1.44. The summed E-state index contributed by atoms with van der Waals surface area (Å²) in [5.41, 5.74) is 0.719. The smallest absolute Gasteiger partial charge is 0.305 e. The minimum atomic E-state index is -0.985. The predicted molar refractivity (Wildman–Crippen MR) is 77.8 cm³/mol. The van der Waals surface area contributed by atoms with Crippen molar-refractivity contribution in [3.05, 3.63) is 34.3 Å². The number of ether oxygens (including phenoxy) is 2. The summed E-state index contributed by atoms with van der Waals surface area (Å²) in [7, 11) is 0. The number of nitrogens with one attached hydrogen (secondary N) is 1. The number of carboxylic acid groups (broad SMARTS) is 1. The van der Waals surface area contributed by atoms with Crippen molar-refractivity contribution in [3.8, 4) is 0 Å². The highest BCUT2D eigenvalue weighted by Crippen LogP contribution is 2.21. The molecule has 7 heteroatoms. The van der Waals surface area contributed by atoms with E-state index in [0.29, 0.717) is 13.2 Å². The molecule has 2 unspecified atom stereocenters. The number of carbonyl (C=O) groups excluding carboxylic acids is 1. The maximum absolute atomic E-state index is 12.1. The molecular weight excluding hydrogens is 342 g/mol. The van der Waals surface area contributed by atoms with Gasteiger partial charge in [-0.2, -0.15) is 0 Å². The summed E-state index contributed by atoms with van der Waals surface area (Å²) in [5, 5.41) is 11.7. The van der Waals surface area contributed by atoms with Crippen LogP contribution in [0.15, 0.2) is 28.7 Å². The standard InChI is InChI=1S/C14H16BrNO5/c15-10-3-1-2-9(6-10)11(7-13(17)18)16-14(19)12-8-20-4-5-21-12/h1-3,6,11-12H,4-5,7-8H2,(H,16,19)(H,17,18). The summed E-state index contributed by atoms with van der Waals surface area (Å²) in [6.45, 7) is 1.01. The highest BCUT2D eigenvalue weighted by Gasteiger charge is 2.26. The van der Waals surface area contributed by atoms with Gasteiger partial charge in [-0.25, -0.2) is 0 Å². The number of carboxylic acids is 1. The fourth-order valence-corrected chi connectivity index (χ4v) is 2.47. The number of aliphatic carboxylic acids is 1. The first-order chi connectivity index (χ1) is 10.1. The summed E-state index contributed by atoms with van der Waals surface area (Å²) in [6.07, 6.45) is -0.891. The monoisotopic (exact) mass is 357 g/mol. The zero-order valence-corrected chi connectivity index (χ0v) is 12.8. The summed E-state index contributed by atoms with van der Waals surface area (Å²) in [4.78, 5) is 23.1. The molecule has 1 aromatic carbocycles. The zero-order chi connectivity index (χ0) is 15.2. The van der Waals surface area contributed by atoms with Crippen LogP contribution in [0.1, 0.15) is 18.0 Å². The van der Waals surface area contributed by atoms with Gasteiger partial charge in [0.05, 0.1) is 32.3 Å². The molecule has 1 saturated heterocycles. The summed E-state index contributed by atoms with van der Waals surface area (Å²) in [6, 6.07) is 6.57. The van der Waals surface area contributed by atoms with Gasteiger partial charge >= 0.3 is 5.97 Å². The quantitative estimate of drug-likeness (QED) is 0.833. The SMILES string of the molecule is O=C(O)CC(NC(=O)C1COCCO1)c1cccc(Br)c1. The Morgan fingerprint density at radius 3 is 2.86 bits per heavy atom. The van der Waals surface area contributed by atoms with Gasteiger partial charge in [0.15, 0.2) is 6.10 Å². The van der Waals surface area contributed by atoms with Crippen LogP contribution in [-0.4, -0.2) is 42.9 Å². The molecule has 6 nitrogen and oxygen atoms in total. The van der Waals surface area contributed by atoms with Crippen molar-refractivity contribution in [3.63, 3.8) is 0 Å². The Balaban J connectivity index is 2.08. The molecule has 2 rings (SSSR count). The van der Waals surface area contributed by atoms with E-state index in [-0.39, 0.29) is 18.9 Å². The number of rotatable bonds is 5. The molecular formula is C14H16BrNO5.